The molecule has 0 N–H and O–H groups in total. The molecule has 0 amide bonds. The molecule has 0 radical (unpaired) electrons. The van der Waals surface area contributed by atoms with Gasteiger partial charge in [-0.3, -0.25) is 0 Å². The number of carbonyl (C=O) groups excluding carboxylic acids is 1. The van der Waals surface area contributed by atoms with Gasteiger partial charge >= 0.3 is 0 Å². The Kier molecular flexibility index (Phi) is 11.6. The van der Waals surface area contributed by atoms with Gasteiger partial charge in [0, 0.05) is 0 Å². The predicted octanol–water partition coefficient (Wildman–Crippen LogP) is 4.84. The highest BCUT2D eigenvalue weighted by molar-refractivity contribution is 5.10. The van der Waals surface area contributed by atoms with E-state index in [0.29, 0.717) is 5.41 Å². The van der Waals surface area contributed by atoms with Gasteiger partial charge in [0.05, 0.1) is 0 Å². The summed E-state index contributed by atoms with van der Waals surface area (Å²) in [7, 11) is 0. The first-order valence-corrected chi connectivity index (χ1v) is 6.27. The molecule has 0 saturated heterocycles. The van der Waals surface area contributed by atoms with Crippen LogP contribution in [0.3, 0.4) is 0 Å². The summed E-state index contributed by atoms with van der Waals surface area (Å²) in [6.07, 6.45) is 8.40. The molecule has 0 aliphatic heterocycles. The first-order valence-electron chi connectivity index (χ1n) is 6.27. The fraction of sp³-hybridized carbons (Fsp3) is 0.929. The maximum Gasteiger partial charge on any atom is 0.106 e. The summed E-state index contributed by atoms with van der Waals surface area (Å²) in [4.78, 5) is 8.00. The molecule has 0 atom stereocenters. The minimum atomic E-state index is 0.571. The molecule has 0 aliphatic rings. The molecule has 0 unspecified atom stereocenters. The lowest BCUT2D eigenvalue weighted by atomic mass is 9.80. The zero-order valence-electron chi connectivity index (χ0n) is 11.4. The predicted molar refractivity (Wildman–Crippen MR) is 69.1 cm³/mol. The van der Waals surface area contributed by atoms with E-state index in [2.05, 4.69) is 34.6 Å². The van der Waals surface area contributed by atoms with Gasteiger partial charge in [0.2, 0.25) is 0 Å². The Hall–Kier alpha value is -0.330. The van der Waals surface area contributed by atoms with Crippen molar-refractivity contribution < 1.29 is 4.79 Å². The molecule has 0 fully saturated rings. The second-order valence-electron chi connectivity index (χ2n) is 5.57. The van der Waals surface area contributed by atoms with Crippen molar-refractivity contribution in [2.75, 3.05) is 0 Å². The Morgan fingerprint density at radius 3 is 2.00 bits per heavy atom. The molecule has 1 nitrogen and oxygen atoms in total. The summed E-state index contributed by atoms with van der Waals surface area (Å²) in [6, 6.07) is 0. The summed E-state index contributed by atoms with van der Waals surface area (Å²) in [6.45, 7) is 13.8. The minimum absolute atomic E-state index is 0.571. The van der Waals surface area contributed by atoms with Crippen molar-refractivity contribution in [1.29, 1.82) is 0 Å². The van der Waals surface area contributed by atoms with E-state index >= 15 is 0 Å². The van der Waals surface area contributed by atoms with Crippen LogP contribution >= 0.6 is 0 Å². The van der Waals surface area contributed by atoms with E-state index in [0.717, 1.165) is 5.92 Å². The number of rotatable bonds is 7. The Morgan fingerprint density at radius 2 is 1.60 bits per heavy atom. The highest BCUT2D eigenvalue weighted by Crippen LogP contribution is 2.31. The lowest BCUT2D eigenvalue weighted by Crippen LogP contribution is -2.14. The number of unbranched alkanes of at least 4 members (excludes halogenated alkanes) is 3. The summed E-state index contributed by atoms with van der Waals surface area (Å²) in [5.74, 6) is 0.848. The van der Waals surface area contributed by atoms with Crippen molar-refractivity contribution in [1.82, 2.24) is 0 Å². The van der Waals surface area contributed by atoms with Gasteiger partial charge in [-0.25, -0.2) is 0 Å². The Balaban J connectivity index is 0. The third kappa shape index (κ3) is 13.7. The average molecular weight is 214 g/mol. The second-order valence-corrected chi connectivity index (χ2v) is 5.57. The largest absolute Gasteiger partial charge is 0.307 e. The first kappa shape index (κ1) is 17.1. The summed E-state index contributed by atoms with van der Waals surface area (Å²) in [5.41, 5.74) is 0.571. The van der Waals surface area contributed by atoms with Crippen LogP contribution in [0, 0.1) is 11.3 Å². The molecule has 0 spiro atoms. The van der Waals surface area contributed by atoms with E-state index in [-0.39, 0.29) is 0 Å². The lowest BCUT2D eigenvalue weighted by molar-refractivity contribution is -0.0979. The van der Waals surface area contributed by atoms with Crippen LogP contribution in [0.5, 0.6) is 0 Å². The minimum Gasteiger partial charge on any atom is -0.307 e. The molecule has 0 aromatic heterocycles. The van der Waals surface area contributed by atoms with Crippen LogP contribution in [-0.2, 0) is 4.79 Å². The summed E-state index contributed by atoms with van der Waals surface area (Å²) < 4.78 is 0. The molecule has 0 rings (SSSR count). The van der Waals surface area contributed by atoms with Crippen LogP contribution in [0.1, 0.15) is 73.1 Å². The molecule has 0 aromatic rings. The quantitative estimate of drug-likeness (QED) is 0.554. The molecule has 0 aromatic carbocycles. The van der Waals surface area contributed by atoms with E-state index in [1.165, 1.54) is 38.5 Å². The maximum absolute atomic E-state index is 8.00. The van der Waals surface area contributed by atoms with Crippen molar-refractivity contribution >= 4 is 6.79 Å². The van der Waals surface area contributed by atoms with Gasteiger partial charge in [0.15, 0.2) is 0 Å². The van der Waals surface area contributed by atoms with Crippen molar-refractivity contribution in [3.05, 3.63) is 0 Å². The van der Waals surface area contributed by atoms with Gasteiger partial charge in [-0.05, 0) is 24.2 Å². The Bertz CT molecular complexity index is 127. The van der Waals surface area contributed by atoms with Crippen molar-refractivity contribution in [3.8, 4) is 0 Å². The van der Waals surface area contributed by atoms with Crippen LogP contribution in [-0.4, -0.2) is 6.79 Å². The Labute approximate surface area is 96.7 Å². The zero-order chi connectivity index (χ0) is 12.3. The SMILES string of the molecule is C=O.CCCCCCC(C)(C)CC(C)C. The molecule has 0 aliphatic carbocycles. The average Bonchev–Trinajstić information content (AvgIpc) is 2.14. The summed E-state index contributed by atoms with van der Waals surface area (Å²) in [5, 5.41) is 0. The normalized spacial score (nSPS) is 11.1. The molecule has 92 valence electrons. The van der Waals surface area contributed by atoms with Gasteiger partial charge < -0.3 is 4.79 Å². The fourth-order valence-corrected chi connectivity index (χ4v) is 2.24. The van der Waals surface area contributed by atoms with E-state index in [4.69, 9.17) is 4.79 Å². The van der Waals surface area contributed by atoms with Gasteiger partial charge in [-0.15, -0.1) is 0 Å². The third-order valence-corrected chi connectivity index (χ3v) is 2.67. The number of hydrogen-bond donors (Lipinski definition) is 0. The van der Waals surface area contributed by atoms with Crippen LogP contribution in [0.4, 0.5) is 0 Å². The first-order chi connectivity index (χ1) is 6.98. The van der Waals surface area contributed by atoms with Gasteiger partial charge in [-0.1, -0.05) is 60.3 Å². The molecule has 15 heavy (non-hydrogen) atoms. The molecular formula is C14H30O. The van der Waals surface area contributed by atoms with Crippen LogP contribution < -0.4 is 0 Å². The fourth-order valence-electron chi connectivity index (χ4n) is 2.24. The van der Waals surface area contributed by atoms with Gasteiger partial charge in [0.25, 0.3) is 0 Å². The Morgan fingerprint density at radius 1 is 1.07 bits per heavy atom. The van der Waals surface area contributed by atoms with Crippen LogP contribution in [0.2, 0.25) is 0 Å². The van der Waals surface area contributed by atoms with E-state index < -0.39 is 0 Å². The van der Waals surface area contributed by atoms with Crippen molar-refractivity contribution in [2.24, 2.45) is 11.3 Å². The van der Waals surface area contributed by atoms with Gasteiger partial charge in [-0.2, -0.15) is 0 Å². The van der Waals surface area contributed by atoms with Crippen LogP contribution in [0.25, 0.3) is 0 Å². The number of hydrogen-bond acceptors (Lipinski definition) is 1. The van der Waals surface area contributed by atoms with E-state index in [9.17, 15) is 0 Å². The lowest BCUT2D eigenvalue weighted by Gasteiger charge is -2.26. The monoisotopic (exact) mass is 214 g/mol. The summed E-state index contributed by atoms with van der Waals surface area (Å²) >= 11 is 0. The van der Waals surface area contributed by atoms with Crippen LogP contribution in [0.15, 0.2) is 0 Å². The van der Waals surface area contributed by atoms with Gasteiger partial charge in [0.1, 0.15) is 6.79 Å². The molecule has 0 bridgehead atoms. The highest BCUT2D eigenvalue weighted by Gasteiger charge is 2.18. The molecular weight excluding hydrogens is 184 g/mol. The molecule has 0 heterocycles. The van der Waals surface area contributed by atoms with Crippen molar-refractivity contribution in [3.63, 3.8) is 0 Å². The molecule has 0 saturated carbocycles. The number of carbonyl (C=O) groups is 1. The topological polar surface area (TPSA) is 17.1 Å². The zero-order valence-corrected chi connectivity index (χ0v) is 11.4. The van der Waals surface area contributed by atoms with E-state index in [1.54, 1.807) is 0 Å². The van der Waals surface area contributed by atoms with Crippen molar-refractivity contribution in [2.45, 2.75) is 73.1 Å². The second kappa shape index (κ2) is 10.2. The highest BCUT2D eigenvalue weighted by atomic mass is 16.1. The maximum atomic E-state index is 8.00. The third-order valence-electron chi connectivity index (χ3n) is 2.67. The smallest absolute Gasteiger partial charge is 0.106 e. The van der Waals surface area contributed by atoms with E-state index in [1.807, 2.05) is 6.79 Å². The standard InChI is InChI=1S/C13H28.CH2O/c1-6-7-8-9-10-13(4,5)11-12(2)3;1-2/h12H,6-11H2,1-5H3;1H2. The molecule has 1 heteroatoms.